The number of hydrogen-bond donors (Lipinski definition) is 2. The first-order valence-electron chi connectivity index (χ1n) is 5.88. The van der Waals surface area contributed by atoms with Crippen molar-refractivity contribution in [3.8, 4) is 0 Å². The zero-order valence-corrected chi connectivity index (χ0v) is 9.84. The molecule has 14 heavy (non-hydrogen) atoms. The van der Waals surface area contributed by atoms with Gasteiger partial charge in [0.15, 0.2) is 0 Å². The van der Waals surface area contributed by atoms with Crippen molar-refractivity contribution in [2.75, 3.05) is 13.2 Å². The summed E-state index contributed by atoms with van der Waals surface area (Å²) in [7, 11) is 0. The molecule has 0 heterocycles. The topological polar surface area (TPSA) is 32.3 Å². The molecule has 2 heteroatoms. The summed E-state index contributed by atoms with van der Waals surface area (Å²) in [6.07, 6.45) is 5.26. The minimum atomic E-state index is 0.297. The fraction of sp³-hybridized carbons (Fsp3) is 1.00. The molecule has 2 N–H and O–H groups in total. The Balaban J connectivity index is 2.16. The van der Waals surface area contributed by atoms with Crippen molar-refractivity contribution >= 4 is 0 Å². The quantitative estimate of drug-likeness (QED) is 0.727. The Kier molecular flexibility index (Phi) is 4.39. The van der Waals surface area contributed by atoms with Crippen molar-refractivity contribution in [1.29, 1.82) is 0 Å². The van der Waals surface area contributed by atoms with Gasteiger partial charge in [0.05, 0.1) is 0 Å². The van der Waals surface area contributed by atoms with Crippen LogP contribution in [-0.2, 0) is 0 Å². The highest BCUT2D eigenvalue weighted by molar-refractivity contribution is 4.82. The number of aliphatic hydroxyl groups excluding tert-OH is 1. The lowest BCUT2D eigenvalue weighted by molar-refractivity contribution is 0.190. The minimum Gasteiger partial charge on any atom is -0.396 e. The van der Waals surface area contributed by atoms with Gasteiger partial charge in [-0.05, 0) is 37.0 Å². The van der Waals surface area contributed by atoms with Crippen LogP contribution in [-0.4, -0.2) is 24.3 Å². The Morgan fingerprint density at radius 2 is 1.93 bits per heavy atom. The average molecular weight is 199 g/mol. The third kappa shape index (κ3) is 3.97. The summed E-state index contributed by atoms with van der Waals surface area (Å²) in [6.45, 7) is 8.06. The van der Waals surface area contributed by atoms with Gasteiger partial charge in [-0.25, -0.2) is 0 Å². The van der Waals surface area contributed by atoms with Crippen LogP contribution in [0.1, 0.15) is 46.5 Å². The molecule has 0 radical (unpaired) electrons. The number of aliphatic hydroxyl groups is 1. The van der Waals surface area contributed by atoms with Crippen LogP contribution in [0.4, 0.5) is 0 Å². The van der Waals surface area contributed by atoms with E-state index in [0.29, 0.717) is 24.0 Å². The second-order valence-electron chi connectivity index (χ2n) is 5.63. The molecular weight excluding hydrogens is 174 g/mol. The van der Waals surface area contributed by atoms with Gasteiger partial charge in [-0.15, -0.1) is 0 Å². The molecule has 1 aliphatic rings. The highest BCUT2D eigenvalue weighted by atomic mass is 16.3. The fourth-order valence-electron chi connectivity index (χ4n) is 2.04. The maximum absolute atomic E-state index is 8.91. The molecule has 2 nitrogen and oxygen atoms in total. The van der Waals surface area contributed by atoms with Crippen LogP contribution < -0.4 is 5.32 Å². The predicted octanol–water partition coefficient (Wildman–Crippen LogP) is 2.17. The number of hydrogen-bond acceptors (Lipinski definition) is 2. The van der Waals surface area contributed by atoms with E-state index in [1.54, 1.807) is 0 Å². The first-order chi connectivity index (χ1) is 6.53. The van der Waals surface area contributed by atoms with E-state index >= 15 is 0 Å². The van der Waals surface area contributed by atoms with E-state index in [9.17, 15) is 0 Å². The SMILES string of the molecule is CC(CO)CNC1CCC(C)(C)CC1. The molecule has 1 fully saturated rings. The van der Waals surface area contributed by atoms with Gasteiger partial charge in [0.1, 0.15) is 0 Å². The molecule has 0 aromatic heterocycles. The van der Waals surface area contributed by atoms with Crippen molar-refractivity contribution < 1.29 is 5.11 Å². The number of nitrogens with one attached hydrogen (secondary N) is 1. The Labute approximate surface area is 88.1 Å². The van der Waals surface area contributed by atoms with Crippen molar-refractivity contribution in [3.63, 3.8) is 0 Å². The lowest BCUT2D eigenvalue weighted by atomic mass is 9.75. The molecule has 0 saturated heterocycles. The van der Waals surface area contributed by atoms with Crippen molar-refractivity contribution in [1.82, 2.24) is 5.32 Å². The predicted molar refractivity (Wildman–Crippen MR) is 60.3 cm³/mol. The maximum Gasteiger partial charge on any atom is 0.0468 e. The van der Waals surface area contributed by atoms with E-state index in [1.165, 1.54) is 25.7 Å². The molecule has 0 bridgehead atoms. The second kappa shape index (κ2) is 5.13. The molecule has 1 atom stereocenters. The van der Waals surface area contributed by atoms with Crippen LogP contribution in [0.3, 0.4) is 0 Å². The third-order valence-electron chi connectivity index (χ3n) is 3.41. The Hall–Kier alpha value is -0.0800. The zero-order valence-electron chi connectivity index (χ0n) is 9.84. The Morgan fingerprint density at radius 1 is 1.36 bits per heavy atom. The molecular formula is C12H25NO. The first-order valence-corrected chi connectivity index (χ1v) is 5.88. The van der Waals surface area contributed by atoms with E-state index < -0.39 is 0 Å². The van der Waals surface area contributed by atoms with Gasteiger partial charge in [0.2, 0.25) is 0 Å². The van der Waals surface area contributed by atoms with E-state index in [-0.39, 0.29) is 0 Å². The van der Waals surface area contributed by atoms with Crippen molar-refractivity contribution in [2.24, 2.45) is 11.3 Å². The second-order valence-corrected chi connectivity index (χ2v) is 5.63. The molecule has 1 aliphatic carbocycles. The standard InChI is InChI=1S/C12H25NO/c1-10(9-14)8-13-11-4-6-12(2,3)7-5-11/h10-11,13-14H,4-9H2,1-3H3. The summed E-state index contributed by atoms with van der Waals surface area (Å²) in [4.78, 5) is 0. The summed E-state index contributed by atoms with van der Waals surface area (Å²) in [5.74, 6) is 0.393. The van der Waals surface area contributed by atoms with Crippen molar-refractivity contribution in [3.05, 3.63) is 0 Å². The van der Waals surface area contributed by atoms with E-state index in [1.807, 2.05) is 0 Å². The summed E-state index contributed by atoms with van der Waals surface area (Å²) in [5.41, 5.74) is 0.556. The minimum absolute atomic E-state index is 0.297. The molecule has 0 aliphatic heterocycles. The van der Waals surface area contributed by atoms with Gasteiger partial charge in [0, 0.05) is 19.2 Å². The molecule has 0 spiro atoms. The maximum atomic E-state index is 8.91. The van der Waals surface area contributed by atoms with E-state index in [2.05, 4.69) is 26.1 Å². The molecule has 1 saturated carbocycles. The smallest absolute Gasteiger partial charge is 0.0468 e. The summed E-state index contributed by atoms with van der Waals surface area (Å²) in [6, 6.07) is 0.692. The number of rotatable bonds is 4. The highest BCUT2D eigenvalue weighted by Crippen LogP contribution is 2.34. The highest BCUT2D eigenvalue weighted by Gasteiger charge is 2.26. The molecule has 0 aromatic rings. The lowest BCUT2D eigenvalue weighted by Crippen LogP contribution is -2.38. The third-order valence-corrected chi connectivity index (χ3v) is 3.41. The van der Waals surface area contributed by atoms with Gasteiger partial charge in [-0.2, -0.15) is 0 Å². The molecule has 1 rings (SSSR count). The van der Waals surface area contributed by atoms with Crippen LogP contribution >= 0.6 is 0 Å². The average Bonchev–Trinajstić information content (AvgIpc) is 2.16. The van der Waals surface area contributed by atoms with E-state index in [4.69, 9.17) is 5.11 Å². The van der Waals surface area contributed by atoms with Crippen LogP contribution in [0.15, 0.2) is 0 Å². The van der Waals surface area contributed by atoms with Gasteiger partial charge in [-0.3, -0.25) is 0 Å². The first kappa shape index (κ1) is 12.0. The van der Waals surface area contributed by atoms with Gasteiger partial charge in [-0.1, -0.05) is 20.8 Å². The molecule has 0 amide bonds. The van der Waals surface area contributed by atoms with Crippen LogP contribution in [0.5, 0.6) is 0 Å². The van der Waals surface area contributed by atoms with Crippen molar-refractivity contribution in [2.45, 2.75) is 52.5 Å². The summed E-state index contributed by atoms with van der Waals surface area (Å²) >= 11 is 0. The Morgan fingerprint density at radius 3 is 2.43 bits per heavy atom. The molecule has 84 valence electrons. The van der Waals surface area contributed by atoms with Gasteiger partial charge >= 0.3 is 0 Å². The van der Waals surface area contributed by atoms with Crippen LogP contribution in [0.25, 0.3) is 0 Å². The normalized spacial score (nSPS) is 24.9. The Bertz CT molecular complexity index is 158. The van der Waals surface area contributed by atoms with E-state index in [0.717, 1.165) is 6.54 Å². The van der Waals surface area contributed by atoms with Gasteiger partial charge < -0.3 is 10.4 Å². The molecule has 0 aromatic carbocycles. The zero-order chi connectivity index (χ0) is 10.6. The fourth-order valence-corrected chi connectivity index (χ4v) is 2.04. The largest absolute Gasteiger partial charge is 0.396 e. The molecule has 1 unspecified atom stereocenters. The van der Waals surface area contributed by atoms with Crippen LogP contribution in [0.2, 0.25) is 0 Å². The van der Waals surface area contributed by atoms with Gasteiger partial charge in [0.25, 0.3) is 0 Å². The summed E-state index contributed by atoms with van der Waals surface area (Å²) < 4.78 is 0. The summed E-state index contributed by atoms with van der Waals surface area (Å²) in [5, 5.41) is 12.5. The monoisotopic (exact) mass is 199 g/mol. The van der Waals surface area contributed by atoms with Crippen LogP contribution in [0, 0.1) is 11.3 Å². The lowest BCUT2D eigenvalue weighted by Gasteiger charge is -2.35.